The van der Waals surface area contributed by atoms with Crippen molar-refractivity contribution < 1.29 is 22.7 Å². The summed E-state index contributed by atoms with van der Waals surface area (Å²) >= 11 is 5.98. The van der Waals surface area contributed by atoms with E-state index in [9.17, 15) is 13.2 Å². The second kappa shape index (κ2) is 8.19. The second-order valence-corrected chi connectivity index (χ2v) is 8.36. The number of hydrogen-bond donors (Lipinski definition) is 1. The Morgan fingerprint density at radius 1 is 1.15 bits per heavy atom. The van der Waals surface area contributed by atoms with Crippen LogP contribution in [0.4, 0.5) is 5.69 Å². The van der Waals surface area contributed by atoms with Crippen LogP contribution in [0.3, 0.4) is 0 Å². The first-order valence-corrected chi connectivity index (χ1v) is 10.1. The van der Waals surface area contributed by atoms with E-state index < -0.39 is 16.0 Å². The van der Waals surface area contributed by atoms with Gasteiger partial charge in [0.05, 0.1) is 29.7 Å². The Morgan fingerprint density at radius 2 is 1.81 bits per heavy atom. The standard InChI is InChI=1S/C19H22ClNO5S/c1-11(2)14-10-18(12(3)8-17(14)25-4)27(23,24)21-13-6-7-16(20)15(9-13)19(22)26-5/h6-11,21H,1-5H3. The van der Waals surface area contributed by atoms with E-state index in [2.05, 4.69) is 9.46 Å². The largest absolute Gasteiger partial charge is 0.496 e. The zero-order valence-electron chi connectivity index (χ0n) is 15.8. The fourth-order valence-electron chi connectivity index (χ4n) is 2.66. The van der Waals surface area contributed by atoms with Crippen LogP contribution in [-0.4, -0.2) is 28.6 Å². The summed E-state index contributed by atoms with van der Waals surface area (Å²) < 4.78 is 38.4. The molecule has 0 spiro atoms. The highest BCUT2D eigenvalue weighted by Gasteiger charge is 2.22. The van der Waals surface area contributed by atoms with Gasteiger partial charge in [0.15, 0.2) is 0 Å². The third-order valence-electron chi connectivity index (χ3n) is 4.06. The number of carbonyl (C=O) groups is 1. The fourth-order valence-corrected chi connectivity index (χ4v) is 4.17. The molecule has 0 atom stereocenters. The van der Waals surface area contributed by atoms with Gasteiger partial charge in [0.25, 0.3) is 10.0 Å². The van der Waals surface area contributed by atoms with E-state index in [0.29, 0.717) is 11.3 Å². The summed E-state index contributed by atoms with van der Waals surface area (Å²) in [5.41, 5.74) is 1.62. The Hall–Kier alpha value is -2.25. The van der Waals surface area contributed by atoms with Gasteiger partial charge in [0.2, 0.25) is 0 Å². The summed E-state index contributed by atoms with van der Waals surface area (Å²) in [6, 6.07) is 7.57. The molecule has 1 N–H and O–H groups in total. The maximum Gasteiger partial charge on any atom is 0.339 e. The Kier molecular flexibility index (Phi) is 6.38. The molecule has 146 valence electrons. The smallest absolute Gasteiger partial charge is 0.339 e. The zero-order chi connectivity index (χ0) is 20.4. The van der Waals surface area contributed by atoms with E-state index >= 15 is 0 Å². The Bertz CT molecular complexity index is 970. The molecule has 27 heavy (non-hydrogen) atoms. The Balaban J connectivity index is 2.49. The first kappa shape index (κ1) is 21.1. The van der Waals surface area contributed by atoms with Crippen LogP contribution in [0.15, 0.2) is 35.2 Å². The highest BCUT2D eigenvalue weighted by molar-refractivity contribution is 7.92. The number of hydrogen-bond acceptors (Lipinski definition) is 5. The van der Waals surface area contributed by atoms with E-state index in [1.807, 2.05) is 13.8 Å². The quantitative estimate of drug-likeness (QED) is 0.714. The number of nitrogens with one attached hydrogen (secondary N) is 1. The van der Waals surface area contributed by atoms with Crippen molar-refractivity contribution >= 4 is 33.3 Å². The number of rotatable bonds is 6. The van der Waals surface area contributed by atoms with E-state index in [1.54, 1.807) is 26.2 Å². The van der Waals surface area contributed by atoms with Gasteiger partial charge in [-0.05, 0) is 54.3 Å². The molecule has 2 aromatic rings. The lowest BCUT2D eigenvalue weighted by Crippen LogP contribution is -2.16. The summed E-state index contributed by atoms with van der Waals surface area (Å²) in [4.78, 5) is 11.9. The summed E-state index contributed by atoms with van der Waals surface area (Å²) in [5, 5.41) is 0.174. The molecule has 0 saturated heterocycles. The van der Waals surface area contributed by atoms with Crippen molar-refractivity contribution in [2.24, 2.45) is 0 Å². The number of esters is 1. The van der Waals surface area contributed by atoms with Crippen LogP contribution in [0.1, 0.15) is 41.3 Å². The van der Waals surface area contributed by atoms with E-state index in [0.717, 1.165) is 5.56 Å². The molecule has 8 heteroatoms. The number of anilines is 1. The number of aryl methyl sites for hydroxylation is 1. The fraction of sp³-hybridized carbons (Fsp3) is 0.316. The third-order valence-corrected chi connectivity index (χ3v) is 5.92. The SMILES string of the molecule is COC(=O)c1cc(NS(=O)(=O)c2cc(C(C)C)c(OC)cc2C)ccc1Cl. The van der Waals surface area contributed by atoms with Gasteiger partial charge in [-0.3, -0.25) is 4.72 Å². The van der Waals surface area contributed by atoms with Gasteiger partial charge in [-0.1, -0.05) is 25.4 Å². The summed E-state index contributed by atoms with van der Waals surface area (Å²) in [6.45, 7) is 5.61. The monoisotopic (exact) mass is 411 g/mol. The lowest BCUT2D eigenvalue weighted by molar-refractivity contribution is 0.0601. The first-order chi connectivity index (χ1) is 12.6. The van der Waals surface area contributed by atoms with Crippen molar-refractivity contribution in [2.45, 2.75) is 31.6 Å². The van der Waals surface area contributed by atoms with Gasteiger partial charge in [0.1, 0.15) is 5.75 Å². The van der Waals surface area contributed by atoms with E-state index in [1.165, 1.54) is 25.3 Å². The molecule has 0 bridgehead atoms. The molecule has 6 nitrogen and oxygen atoms in total. The lowest BCUT2D eigenvalue weighted by atomic mass is 10.0. The molecule has 2 rings (SSSR count). The number of ether oxygens (including phenoxy) is 2. The van der Waals surface area contributed by atoms with Crippen LogP contribution in [0.25, 0.3) is 0 Å². The molecule has 0 aliphatic heterocycles. The molecule has 0 radical (unpaired) electrons. The molecule has 0 fully saturated rings. The Morgan fingerprint density at radius 3 is 2.37 bits per heavy atom. The number of sulfonamides is 1. The first-order valence-electron chi connectivity index (χ1n) is 8.20. The van der Waals surface area contributed by atoms with Crippen molar-refractivity contribution in [1.29, 1.82) is 0 Å². The van der Waals surface area contributed by atoms with Gasteiger partial charge in [-0.15, -0.1) is 0 Å². The normalized spacial score (nSPS) is 11.4. The summed E-state index contributed by atoms with van der Waals surface area (Å²) in [6.07, 6.45) is 0. The van der Waals surface area contributed by atoms with Crippen molar-refractivity contribution in [3.8, 4) is 5.75 Å². The van der Waals surface area contributed by atoms with Crippen LogP contribution >= 0.6 is 11.6 Å². The average molecular weight is 412 g/mol. The number of carbonyl (C=O) groups excluding carboxylic acids is 1. The molecule has 2 aromatic carbocycles. The van der Waals surface area contributed by atoms with Crippen molar-refractivity contribution in [1.82, 2.24) is 0 Å². The topological polar surface area (TPSA) is 81.7 Å². The summed E-state index contributed by atoms with van der Waals surface area (Å²) in [5.74, 6) is 0.0700. The van der Waals surface area contributed by atoms with E-state index in [4.69, 9.17) is 16.3 Å². The Labute approximate surface area is 164 Å². The minimum absolute atomic E-state index is 0.0775. The van der Waals surface area contributed by atoms with Gasteiger partial charge in [0, 0.05) is 5.69 Å². The predicted molar refractivity (Wildman–Crippen MR) is 105 cm³/mol. The maximum absolute atomic E-state index is 12.9. The molecular weight excluding hydrogens is 390 g/mol. The molecule has 0 heterocycles. The molecule has 0 aliphatic carbocycles. The van der Waals surface area contributed by atoms with Gasteiger partial charge >= 0.3 is 5.97 Å². The molecule has 0 aromatic heterocycles. The lowest BCUT2D eigenvalue weighted by Gasteiger charge is -2.17. The minimum Gasteiger partial charge on any atom is -0.496 e. The van der Waals surface area contributed by atoms with Crippen LogP contribution in [-0.2, 0) is 14.8 Å². The number of methoxy groups -OCH3 is 2. The van der Waals surface area contributed by atoms with Gasteiger partial charge in [-0.2, -0.15) is 0 Å². The molecule has 0 aliphatic rings. The average Bonchev–Trinajstić information content (AvgIpc) is 2.61. The summed E-state index contributed by atoms with van der Waals surface area (Å²) in [7, 11) is -1.11. The van der Waals surface area contributed by atoms with Crippen molar-refractivity contribution in [2.75, 3.05) is 18.9 Å². The molecular formula is C19H22ClNO5S. The molecule has 0 saturated carbocycles. The zero-order valence-corrected chi connectivity index (χ0v) is 17.4. The van der Waals surface area contributed by atoms with Crippen LogP contribution in [0, 0.1) is 6.92 Å². The van der Waals surface area contributed by atoms with E-state index in [-0.39, 0.29) is 27.1 Å². The highest BCUT2D eigenvalue weighted by atomic mass is 35.5. The maximum atomic E-state index is 12.9. The number of benzene rings is 2. The van der Waals surface area contributed by atoms with Crippen molar-refractivity contribution in [3.05, 3.63) is 52.0 Å². The highest BCUT2D eigenvalue weighted by Crippen LogP contribution is 2.32. The van der Waals surface area contributed by atoms with Crippen LogP contribution in [0.5, 0.6) is 5.75 Å². The van der Waals surface area contributed by atoms with Gasteiger partial charge < -0.3 is 9.47 Å². The third kappa shape index (κ3) is 4.54. The van der Waals surface area contributed by atoms with Crippen molar-refractivity contribution in [3.63, 3.8) is 0 Å². The van der Waals surface area contributed by atoms with Crippen LogP contribution in [0.2, 0.25) is 5.02 Å². The molecule has 0 unspecified atom stereocenters. The second-order valence-electron chi connectivity index (χ2n) is 6.31. The minimum atomic E-state index is -3.89. The molecule has 0 amide bonds. The predicted octanol–water partition coefficient (Wildman–Crippen LogP) is 4.37. The number of halogens is 1. The van der Waals surface area contributed by atoms with Crippen LogP contribution < -0.4 is 9.46 Å². The van der Waals surface area contributed by atoms with Gasteiger partial charge in [-0.25, -0.2) is 13.2 Å².